The molecule has 0 saturated heterocycles. The van der Waals surface area contributed by atoms with Gasteiger partial charge in [0, 0.05) is 4.47 Å². The van der Waals surface area contributed by atoms with Gasteiger partial charge in [0.05, 0.1) is 11.6 Å². The van der Waals surface area contributed by atoms with Crippen LogP contribution in [0.4, 0.5) is 0 Å². The Labute approximate surface area is 111 Å². The third kappa shape index (κ3) is 3.18. The third-order valence-electron chi connectivity index (χ3n) is 1.93. The first-order chi connectivity index (χ1) is 8.19. The molecule has 1 heterocycles. The summed E-state index contributed by atoms with van der Waals surface area (Å²) in [4.78, 5) is 4.01. The van der Waals surface area contributed by atoms with Crippen LogP contribution in [0.15, 0.2) is 27.2 Å². The molecule has 1 aromatic heterocycles. The topological polar surface area (TPSA) is 74.2 Å². The molecule has 5 nitrogen and oxygen atoms in total. The van der Waals surface area contributed by atoms with E-state index in [-0.39, 0.29) is 13.2 Å². The minimum atomic E-state index is 0.180. The van der Waals surface area contributed by atoms with E-state index in [9.17, 15) is 0 Å². The molecule has 0 aliphatic heterocycles. The van der Waals surface area contributed by atoms with Gasteiger partial charge in [-0.15, -0.1) is 0 Å². The number of halogens is 2. The van der Waals surface area contributed by atoms with Crippen LogP contribution >= 0.6 is 27.5 Å². The number of aromatic nitrogens is 2. The van der Waals surface area contributed by atoms with Gasteiger partial charge in [-0.25, -0.2) is 0 Å². The monoisotopic (exact) mass is 317 g/mol. The predicted octanol–water partition coefficient (Wildman–Crippen LogP) is 2.52. The van der Waals surface area contributed by atoms with Crippen LogP contribution < -0.4 is 10.5 Å². The third-order valence-corrected chi connectivity index (χ3v) is 2.74. The van der Waals surface area contributed by atoms with Crippen molar-refractivity contribution >= 4 is 27.5 Å². The molecule has 2 N–H and O–H groups in total. The van der Waals surface area contributed by atoms with Crippen LogP contribution in [-0.4, -0.2) is 10.1 Å². The van der Waals surface area contributed by atoms with Crippen molar-refractivity contribution in [1.29, 1.82) is 0 Å². The van der Waals surface area contributed by atoms with E-state index in [0.29, 0.717) is 22.5 Å². The van der Waals surface area contributed by atoms with Crippen LogP contribution in [0.1, 0.15) is 11.7 Å². The van der Waals surface area contributed by atoms with Crippen LogP contribution in [0.3, 0.4) is 0 Å². The lowest BCUT2D eigenvalue weighted by Crippen LogP contribution is -2.00. The Morgan fingerprint density at radius 1 is 1.47 bits per heavy atom. The summed E-state index contributed by atoms with van der Waals surface area (Å²) in [6.45, 7) is 0.393. The summed E-state index contributed by atoms with van der Waals surface area (Å²) in [6, 6.07) is 5.34. The molecule has 2 rings (SSSR count). The Balaban J connectivity index is 2.04. The zero-order chi connectivity index (χ0) is 12.3. The van der Waals surface area contributed by atoms with Crippen molar-refractivity contribution in [1.82, 2.24) is 10.1 Å². The minimum absolute atomic E-state index is 0.180. The first-order valence-corrected chi connectivity index (χ1v) is 5.95. The lowest BCUT2D eigenvalue weighted by molar-refractivity contribution is 0.285. The molecule has 0 spiro atoms. The van der Waals surface area contributed by atoms with Gasteiger partial charge in [0.2, 0.25) is 11.7 Å². The molecule has 2 aromatic rings. The maximum Gasteiger partial charge on any atom is 0.240 e. The van der Waals surface area contributed by atoms with Crippen LogP contribution in [0.2, 0.25) is 5.02 Å². The molecule has 0 bridgehead atoms. The van der Waals surface area contributed by atoms with E-state index in [4.69, 9.17) is 26.6 Å². The number of benzene rings is 1. The second-order valence-electron chi connectivity index (χ2n) is 3.17. The Morgan fingerprint density at radius 2 is 2.29 bits per heavy atom. The Bertz CT molecular complexity index is 518. The molecule has 17 heavy (non-hydrogen) atoms. The number of hydrogen-bond donors (Lipinski definition) is 1. The lowest BCUT2D eigenvalue weighted by atomic mass is 10.3. The smallest absolute Gasteiger partial charge is 0.240 e. The van der Waals surface area contributed by atoms with E-state index in [1.54, 1.807) is 12.1 Å². The highest BCUT2D eigenvalue weighted by molar-refractivity contribution is 9.10. The molecule has 90 valence electrons. The van der Waals surface area contributed by atoms with Crippen molar-refractivity contribution in [2.45, 2.75) is 13.2 Å². The molecule has 0 fully saturated rings. The second-order valence-corrected chi connectivity index (χ2v) is 4.49. The lowest BCUT2D eigenvalue weighted by Gasteiger charge is -2.05. The molecule has 1 aromatic carbocycles. The Hall–Kier alpha value is -1.11. The van der Waals surface area contributed by atoms with Gasteiger partial charge in [-0.1, -0.05) is 32.7 Å². The van der Waals surface area contributed by atoms with Gasteiger partial charge in [0.1, 0.15) is 5.75 Å². The van der Waals surface area contributed by atoms with Crippen molar-refractivity contribution in [2.75, 3.05) is 0 Å². The SMILES string of the molecule is NCc1nc(COc2cc(Br)ccc2Cl)no1. The second kappa shape index (κ2) is 5.48. The summed E-state index contributed by atoms with van der Waals surface area (Å²) >= 11 is 9.30. The van der Waals surface area contributed by atoms with E-state index in [0.717, 1.165) is 4.47 Å². The standard InChI is InChI=1S/C10H9BrClN3O2/c11-6-1-2-7(12)8(3-6)16-5-9-14-10(4-13)17-15-9/h1-3H,4-5,13H2. The summed E-state index contributed by atoms with van der Waals surface area (Å²) in [5, 5.41) is 4.23. The summed E-state index contributed by atoms with van der Waals surface area (Å²) in [7, 11) is 0. The molecule has 0 amide bonds. The molecule has 0 aliphatic carbocycles. The number of ether oxygens (including phenoxy) is 1. The average Bonchev–Trinajstić information content (AvgIpc) is 2.78. The number of rotatable bonds is 4. The van der Waals surface area contributed by atoms with Gasteiger partial charge in [0.15, 0.2) is 6.61 Å². The Morgan fingerprint density at radius 3 is 3.00 bits per heavy atom. The van der Waals surface area contributed by atoms with Crippen LogP contribution in [0, 0.1) is 0 Å². The van der Waals surface area contributed by atoms with Crippen molar-refractivity contribution in [3.63, 3.8) is 0 Å². The molecular weight excluding hydrogens is 309 g/mol. The highest BCUT2D eigenvalue weighted by Gasteiger charge is 2.07. The van der Waals surface area contributed by atoms with E-state index in [1.165, 1.54) is 0 Å². The summed E-state index contributed by atoms with van der Waals surface area (Å²) in [5.74, 6) is 1.37. The first-order valence-electron chi connectivity index (χ1n) is 4.78. The van der Waals surface area contributed by atoms with Gasteiger partial charge in [-0.05, 0) is 18.2 Å². The van der Waals surface area contributed by atoms with Crippen LogP contribution in [0.25, 0.3) is 0 Å². The first kappa shape index (κ1) is 12.3. The van der Waals surface area contributed by atoms with Gasteiger partial charge in [0.25, 0.3) is 0 Å². The predicted molar refractivity (Wildman–Crippen MR) is 65.7 cm³/mol. The molecular formula is C10H9BrClN3O2. The number of hydrogen-bond acceptors (Lipinski definition) is 5. The number of nitrogens with two attached hydrogens (primary N) is 1. The van der Waals surface area contributed by atoms with E-state index < -0.39 is 0 Å². The zero-order valence-electron chi connectivity index (χ0n) is 8.69. The fourth-order valence-electron chi connectivity index (χ4n) is 1.16. The van der Waals surface area contributed by atoms with Gasteiger partial charge >= 0.3 is 0 Å². The molecule has 0 saturated carbocycles. The van der Waals surface area contributed by atoms with Crippen molar-refractivity contribution < 1.29 is 9.26 Å². The van der Waals surface area contributed by atoms with Crippen molar-refractivity contribution in [2.24, 2.45) is 5.73 Å². The largest absolute Gasteiger partial charge is 0.484 e. The molecule has 0 atom stereocenters. The quantitative estimate of drug-likeness (QED) is 0.937. The maximum atomic E-state index is 5.96. The van der Waals surface area contributed by atoms with E-state index in [2.05, 4.69) is 26.1 Å². The fraction of sp³-hybridized carbons (Fsp3) is 0.200. The maximum absolute atomic E-state index is 5.96. The van der Waals surface area contributed by atoms with Gasteiger partial charge in [-0.2, -0.15) is 4.98 Å². The van der Waals surface area contributed by atoms with Gasteiger partial charge < -0.3 is 15.0 Å². The average molecular weight is 319 g/mol. The van der Waals surface area contributed by atoms with E-state index >= 15 is 0 Å². The Kier molecular flexibility index (Phi) is 3.98. The summed E-state index contributed by atoms with van der Waals surface area (Å²) in [5.41, 5.74) is 5.35. The minimum Gasteiger partial charge on any atom is -0.484 e. The highest BCUT2D eigenvalue weighted by Crippen LogP contribution is 2.28. The van der Waals surface area contributed by atoms with Crippen LogP contribution in [0.5, 0.6) is 5.75 Å². The normalized spacial score (nSPS) is 10.5. The summed E-state index contributed by atoms with van der Waals surface area (Å²) < 4.78 is 11.2. The van der Waals surface area contributed by atoms with Gasteiger partial charge in [-0.3, -0.25) is 0 Å². The number of nitrogens with zero attached hydrogens (tertiary/aromatic N) is 2. The van der Waals surface area contributed by atoms with Crippen molar-refractivity contribution in [3.8, 4) is 5.75 Å². The van der Waals surface area contributed by atoms with Crippen molar-refractivity contribution in [3.05, 3.63) is 39.4 Å². The fourth-order valence-corrected chi connectivity index (χ4v) is 1.67. The molecule has 0 aliphatic rings. The summed E-state index contributed by atoms with van der Waals surface area (Å²) in [6.07, 6.45) is 0. The molecule has 0 radical (unpaired) electrons. The highest BCUT2D eigenvalue weighted by atomic mass is 79.9. The molecule has 0 unspecified atom stereocenters. The zero-order valence-corrected chi connectivity index (χ0v) is 11.0. The van der Waals surface area contributed by atoms with E-state index in [1.807, 2.05) is 6.07 Å². The van der Waals surface area contributed by atoms with Crippen LogP contribution in [-0.2, 0) is 13.2 Å². The molecule has 7 heteroatoms.